The zero-order valence-corrected chi connectivity index (χ0v) is 15.2. The topological polar surface area (TPSA) is 35.6 Å². The smallest absolute Gasteiger partial charge is 0.321 e. The summed E-state index contributed by atoms with van der Waals surface area (Å²) in [5, 5.41) is 3.01. The summed E-state index contributed by atoms with van der Waals surface area (Å²) in [6, 6.07) is 28.5. The summed E-state index contributed by atoms with van der Waals surface area (Å²) in [5.41, 5.74) is 4.36. The van der Waals surface area contributed by atoms with Crippen LogP contribution in [0, 0.1) is 0 Å². The van der Waals surface area contributed by atoms with Crippen LogP contribution in [0.1, 0.15) is 0 Å². The lowest BCUT2D eigenvalue weighted by Gasteiger charge is -2.36. The number of rotatable bonds is 3. The second-order valence-electron chi connectivity index (χ2n) is 6.68. The van der Waals surface area contributed by atoms with Crippen molar-refractivity contribution in [1.82, 2.24) is 4.90 Å². The number of hydrogen-bond acceptors (Lipinski definition) is 2. The zero-order chi connectivity index (χ0) is 18.5. The number of para-hydroxylation sites is 1. The fourth-order valence-corrected chi connectivity index (χ4v) is 3.39. The van der Waals surface area contributed by atoms with E-state index in [1.165, 1.54) is 11.3 Å². The van der Waals surface area contributed by atoms with Crippen LogP contribution in [0.25, 0.3) is 11.1 Å². The Kier molecular flexibility index (Phi) is 5.06. The van der Waals surface area contributed by atoms with Gasteiger partial charge in [0.2, 0.25) is 0 Å². The number of amides is 2. The van der Waals surface area contributed by atoms with Crippen LogP contribution >= 0.6 is 0 Å². The van der Waals surface area contributed by atoms with Gasteiger partial charge in [0, 0.05) is 37.6 Å². The number of nitrogens with one attached hydrogen (secondary N) is 1. The molecular formula is C23H23N3O. The highest BCUT2D eigenvalue weighted by Gasteiger charge is 2.21. The molecule has 0 aromatic heterocycles. The molecule has 1 N–H and O–H groups in total. The molecule has 1 aliphatic rings. The lowest BCUT2D eigenvalue weighted by atomic mass is 10.1. The van der Waals surface area contributed by atoms with Gasteiger partial charge >= 0.3 is 6.03 Å². The maximum atomic E-state index is 12.6. The Hall–Kier alpha value is -3.27. The van der Waals surface area contributed by atoms with Crippen LogP contribution in [0.5, 0.6) is 0 Å². The molecule has 1 fully saturated rings. The third-order valence-electron chi connectivity index (χ3n) is 4.93. The van der Waals surface area contributed by atoms with Crippen molar-refractivity contribution in [2.45, 2.75) is 0 Å². The van der Waals surface area contributed by atoms with Gasteiger partial charge in [-0.1, -0.05) is 60.7 Å². The minimum Gasteiger partial charge on any atom is -0.368 e. The molecule has 2 amide bonds. The van der Waals surface area contributed by atoms with E-state index in [-0.39, 0.29) is 6.03 Å². The molecule has 3 aromatic carbocycles. The average Bonchev–Trinajstić information content (AvgIpc) is 2.76. The quantitative estimate of drug-likeness (QED) is 0.737. The van der Waals surface area contributed by atoms with Crippen LogP contribution in [0.3, 0.4) is 0 Å². The Balaban J connectivity index is 1.33. The number of urea groups is 1. The van der Waals surface area contributed by atoms with Crippen molar-refractivity contribution in [2.75, 3.05) is 36.4 Å². The summed E-state index contributed by atoms with van der Waals surface area (Å²) < 4.78 is 0. The number of carbonyl (C=O) groups excluding carboxylic acids is 1. The molecule has 1 saturated heterocycles. The van der Waals surface area contributed by atoms with E-state index in [0.717, 1.165) is 37.4 Å². The molecule has 4 nitrogen and oxygen atoms in total. The van der Waals surface area contributed by atoms with Gasteiger partial charge in [0.25, 0.3) is 0 Å². The van der Waals surface area contributed by atoms with E-state index in [4.69, 9.17) is 0 Å². The first-order valence-corrected chi connectivity index (χ1v) is 9.31. The Morgan fingerprint density at radius 3 is 1.85 bits per heavy atom. The van der Waals surface area contributed by atoms with Crippen molar-refractivity contribution in [1.29, 1.82) is 0 Å². The lowest BCUT2D eigenvalue weighted by molar-refractivity contribution is 0.208. The van der Waals surface area contributed by atoms with Crippen LogP contribution in [0.2, 0.25) is 0 Å². The van der Waals surface area contributed by atoms with E-state index in [0.29, 0.717) is 0 Å². The summed E-state index contributed by atoms with van der Waals surface area (Å²) in [7, 11) is 0. The molecule has 4 heteroatoms. The van der Waals surface area contributed by atoms with Crippen LogP contribution in [-0.4, -0.2) is 37.1 Å². The SMILES string of the molecule is O=C(Nc1ccc(-c2ccccc2)cc1)N1CCN(c2ccccc2)CC1. The fourth-order valence-electron chi connectivity index (χ4n) is 3.39. The Bertz CT molecular complexity index is 871. The molecule has 4 rings (SSSR count). The lowest BCUT2D eigenvalue weighted by Crippen LogP contribution is -2.50. The van der Waals surface area contributed by atoms with Gasteiger partial charge in [-0.2, -0.15) is 0 Å². The van der Waals surface area contributed by atoms with E-state index >= 15 is 0 Å². The third kappa shape index (κ3) is 4.11. The first kappa shape index (κ1) is 17.2. The van der Waals surface area contributed by atoms with Crippen LogP contribution in [-0.2, 0) is 0 Å². The van der Waals surface area contributed by atoms with Crippen molar-refractivity contribution in [3.05, 3.63) is 84.9 Å². The van der Waals surface area contributed by atoms with Gasteiger partial charge in [0.1, 0.15) is 0 Å². The molecule has 1 aliphatic heterocycles. The molecule has 1 heterocycles. The first-order chi connectivity index (χ1) is 13.3. The summed E-state index contributed by atoms with van der Waals surface area (Å²) in [6.07, 6.45) is 0. The number of piperazine rings is 1. The largest absolute Gasteiger partial charge is 0.368 e. The summed E-state index contributed by atoms with van der Waals surface area (Å²) >= 11 is 0. The van der Waals surface area contributed by atoms with Crippen molar-refractivity contribution < 1.29 is 4.79 Å². The molecule has 0 atom stereocenters. The van der Waals surface area contributed by atoms with E-state index in [1.54, 1.807) is 0 Å². The predicted octanol–water partition coefficient (Wildman–Crippen LogP) is 4.71. The summed E-state index contributed by atoms with van der Waals surface area (Å²) in [4.78, 5) is 16.8. The highest BCUT2D eigenvalue weighted by molar-refractivity contribution is 5.89. The maximum Gasteiger partial charge on any atom is 0.321 e. The standard InChI is InChI=1S/C23H23N3O/c27-23(26-17-15-25(16-18-26)22-9-5-2-6-10-22)24-21-13-11-20(12-14-21)19-7-3-1-4-8-19/h1-14H,15-18H2,(H,24,27). The van der Waals surface area contributed by atoms with Gasteiger partial charge in [-0.15, -0.1) is 0 Å². The van der Waals surface area contributed by atoms with Gasteiger partial charge in [-0.3, -0.25) is 0 Å². The van der Waals surface area contributed by atoms with E-state index in [1.807, 2.05) is 65.6 Å². The number of hydrogen-bond donors (Lipinski definition) is 1. The molecule has 0 aliphatic carbocycles. The highest BCUT2D eigenvalue weighted by atomic mass is 16.2. The highest BCUT2D eigenvalue weighted by Crippen LogP contribution is 2.21. The molecule has 0 bridgehead atoms. The van der Waals surface area contributed by atoms with Gasteiger partial charge in [-0.25, -0.2) is 4.79 Å². The minimum atomic E-state index is -0.0322. The average molecular weight is 357 g/mol. The number of anilines is 2. The second-order valence-corrected chi connectivity index (χ2v) is 6.68. The van der Waals surface area contributed by atoms with Crippen LogP contribution in [0.15, 0.2) is 84.9 Å². The van der Waals surface area contributed by atoms with E-state index < -0.39 is 0 Å². The monoisotopic (exact) mass is 357 g/mol. The Morgan fingerprint density at radius 2 is 1.22 bits per heavy atom. The molecule has 27 heavy (non-hydrogen) atoms. The van der Waals surface area contributed by atoms with E-state index in [9.17, 15) is 4.79 Å². The Labute approximate surface area is 160 Å². The molecule has 136 valence electrons. The molecule has 0 spiro atoms. The normalized spacial score (nSPS) is 14.1. The fraction of sp³-hybridized carbons (Fsp3) is 0.174. The molecule has 0 unspecified atom stereocenters. The van der Waals surface area contributed by atoms with Crippen molar-refractivity contribution >= 4 is 17.4 Å². The number of benzene rings is 3. The van der Waals surface area contributed by atoms with Crippen LogP contribution < -0.4 is 10.2 Å². The second kappa shape index (κ2) is 7.96. The van der Waals surface area contributed by atoms with E-state index in [2.05, 4.69) is 34.5 Å². The summed E-state index contributed by atoms with van der Waals surface area (Å²) in [6.45, 7) is 3.15. The maximum absolute atomic E-state index is 12.6. The van der Waals surface area contributed by atoms with Gasteiger partial charge in [0.05, 0.1) is 0 Å². The first-order valence-electron chi connectivity index (χ1n) is 9.31. The molecule has 0 radical (unpaired) electrons. The minimum absolute atomic E-state index is 0.0322. The van der Waals surface area contributed by atoms with Crippen molar-refractivity contribution in [3.8, 4) is 11.1 Å². The summed E-state index contributed by atoms with van der Waals surface area (Å²) in [5.74, 6) is 0. The van der Waals surface area contributed by atoms with Crippen LogP contribution in [0.4, 0.5) is 16.2 Å². The van der Waals surface area contributed by atoms with Gasteiger partial charge < -0.3 is 15.1 Å². The third-order valence-corrected chi connectivity index (χ3v) is 4.93. The number of nitrogens with zero attached hydrogens (tertiary/aromatic N) is 2. The molecule has 3 aromatic rings. The Morgan fingerprint density at radius 1 is 0.667 bits per heavy atom. The van der Waals surface area contributed by atoms with Crippen molar-refractivity contribution in [2.24, 2.45) is 0 Å². The van der Waals surface area contributed by atoms with Crippen molar-refractivity contribution in [3.63, 3.8) is 0 Å². The van der Waals surface area contributed by atoms with Gasteiger partial charge in [-0.05, 0) is 35.4 Å². The molecular weight excluding hydrogens is 334 g/mol. The predicted molar refractivity (Wildman–Crippen MR) is 111 cm³/mol. The molecule has 0 saturated carbocycles. The zero-order valence-electron chi connectivity index (χ0n) is 15.2. The van der Waals surface area contributed by atoms with Gasteiger partial charge in [0.15, 0.2) is 0 Å². The number of carbonyl (C=O) groups is 1.